The Morgan fingerprint density at radius 3 is 1.44 bits per heavy atom. The van der Waals surface area contributed by atoms with E-state index in [1.165, 1.54) is 0 Å². The molecule has 0 bridgehead atoms. The molecule has 0 N–H and O–H groups in total. The highest BCUT2D eigenvalue weighted by molar-refractivity contribution is 6.81. The van der Waals surface area contributed by atoms with Crippen LogP contribution in [0.5, 0.6) is 0 Å². The molecule has 0 aliphatic rings. The van der Waals surface area contributed by atoms with Crippen molar-refractivity contribution >= 4 is 23.1 Å². The van der Waals surface area contributed by atoms with Gasteiger partial charge in [-0.1, -0.05) is 62.3 Å². The van der Waals surface area contributed by atoms with Crippen LogP contribution in [0.25, 0.3) is 0 Å². The normalized spacial score (nSPS) is 15.4. The van der Waals surface area contributed by atoms with Gasteiger partial charge in [0.05, 0.1) is 5.92 Å². The summed E-state index contributed by atoms with van der Waals surface area (Å²) in [6.45, 7) is 19.4. The van der Waals surface area contributed by atoms with Gasteiger partial charge in [-0.05, 0) is 15.6 Å². The minimum Gasteiger partial charge on any atom is -0.518 e. The molecule has 0 aliphatic heterocycles. The molecule has 0 aliphatic carbocycles. The Morgan fingerprint density at radius 2 is 1.20 bits per heavy atom. The first-order valence-corrected chi connectivity index (χ1v) is 12.9. The van der Waals surface area contributed by atoms with Crippen molar-refractivity contribution < 1.29 is 22.5 Å². The Kier molecular flexibility index (Phi) is 8.57. The summed E-state index contributed by atoms with van der Waals surface area (Å²) in [5, 5.41) is -0.153. The summed E-state index contributed by atoms with van der Waals surface area (Å²) in [4.78, 5) is 13.0. The SMILES string of the molecule is CO[Si](CC(C)C(=O)O[Si](C(C)C)(C(C)(C)C)C(C)(C)C)(OC)OC. The van der Waals surface area contributed by atoms with Crippen LogP contribution in [0.1, 0.15) is 62.3 Å². The van der Waals surface area contributed by atoms with Crippen LogP contribution in [0.2, 0.25) is 21.7 Å². The van der Waals surface area contributed by atoms with Crippen LogP contribution in [-0.4, -0.2) is 44.4 Å². The van der Waals surface area contributed by atoms with Gasteiger partial charge in [0.25, 0.3) is 14.3 Å². The van der Waals surface area contributed by atoms with Crippen molar-refractivity contribution in [1.29, 1.82) is 0 Å². The van der Waals surface area contributed by atoms with Crippen LogP contribution in [0.15, 0.2) is 0 Å². The molecule has 1 unspecified atom stereocenters. The van der Waals surface area contributed by atoms with Gasteiger partial charge >= 0.3 is 8.80 Å². The molecule has 0 aromatic carbocycles. The molecule has 0 heterocycles. The van der Waals surface area contributed by atoms with E-state index >= 15 is 0 Å². The molecule has 150 valence electrons. The lowest BCUT2D eigenvalue weighted by Gasteiger charge is -2.52. The molecule has 7 heteroatoms. The molecule has 1 atom stereocenters. The Balaban J connectivity index is 5.70. The average Bonchev–Trinajstić information content (AvgIpc) is 2.46. The number of rotatable bonds is 8. The molecular weight excluding hydrogens is 352 g/mol. The van der Waals surface area contributed by atoms with Gasteiger partial charge in [0, 0.05) is 27.4 Å². The van der Waals surface area contributed by atoms with Crippen molar-refractivity contribution in [3.8, 4) is 0 Å². The summed E-state index contributed by atoms with van der Waals surface area (Å²) >= 11 is 0. The molecule has 0 rings (SSSR count). The van der Waals surface area contributed by atoms with Crippen molar-refractivity contribution in [3.63, 3.8) is 0 Å². The molecule has 0 saturated carbocycles. The topological polar surface area (TPSA) is 54.0 Å². The van der Waals surface area contributed by atoms with E-state index in [1.54, 1.807) is 21.3 Å². The summed E-state index contributed by atoms with van der Waals surface area (Å²) in [5.74, 6) is -0.518. The van der Waals surface area contributed by atoms with Crippen LogP contribution in [-0.2, 0) is 22.5 Å². The summed E-state index contributed by atoms with van der Waals surface area (Å²) in [6.07, 6.45) is 0. The molecule has 0 amide bonds. The molecule has 0 saturated heterocycles. The molecule has 0 aromatic heterocycles. The van der Waals surface area contributed by atoms with Crippen molar-refractivity contribution in [2.24, 2.45) is 5.92 Å². The van der Waals surface area contributed by atoms with Crippen molar-refractivity contribution in [1.82, 2.24) is 0 Å². The number of carbonyl (C=O) groups excluding carboxylic acids is 1. The lowest BCUT2D eigenvalue weighted by Crippen LogP contribution is -2.58. The molecule has 0 fully saturated rings. The number of carbonyl (C=O) groups is 1. The van der Waals surface area contributed by atoms with Crippen LogP contribution in [0.3, 0.4) is 0 Å². The first kappa shape index (κ1) is 24.8. The molecule has 0 aromatic rings. The predicted molar refractivity (Wildman–Crippen MR) is 107 cm³/mol. The fourth-order valence-electron chi connectivity index (χ4n) is 4.50. The number of hydrogen-bond acceptors (Lipinski definition) is 5. The highest BCUT2D eigenvalue weighted by Gasteiger charge is 2.60. The van der Waals surface area contributed by atoms with Crippen LogP contribution >= 0.6 is 0 Å². The Bertz CT molecular complexity index is 411. The van der Waals surface area contributed by atoms with Crippen molar-refractivity contribution in [2.75, 3.05) is 21.3 Å². The van der Waals surface area contributed by atoms with E-state index in [1.807, 2.05) is 6.92 Å². The van der Waals surface area contributed by atoms with Crippen molar-refractivity contribution in [2.45, 2.75) is 84.0 Å². The largest absolute Gasteiger partial charge is 0.518 e. The van der Waals surface area contributed by atoms with Gasteiger partial charge < -0.3 is 17.7 Å². The standard InChI is InChI=1S/C18H40O5Si2/c1-14(2)25(17(4,5)6,18(7,8)9)23-16(19)15(3)13-24(20-10,21-11)22-12/h14-15H,13H2,1-12H3. The number of hydrogen-bond donors (Lipinski definition) is 0. The third-order valence-electron chi connectivity index (χ3n) is 5.19. The second-order valence-electron chi connectivity index (χ2n) is 9.21. The third kappa shape index (κ3) is 5.16. The zero-order valence-corrected chi connectivity index (χ0v) is 20.4. The molecule has 0 spiro atoms. The highest BCUT2D eigenvalue weighted by Crippen LogP contribution is 2.57. The third-order valence-corrected chi connectivity index (χ3v) is 14.8. The molecule has 25 heavy (non-hydrogen) atoms. The van der Waals surface area contributed by atoms with E-state index in [4.69, 9.17) is 17.7 Å². The monoisotopic (exact) mass is 392 g/mol. The van der Waals surface area contributed by atoms with Gasteiger partial charge in [0.2, 0.25) is 0 Å². The summed E-state index contributed by atoms with van der Waals surface area (Å²) < 4.78 is 22.8. The second-order valence-corrected chi connectivity index (χ2v) is 18.0. The zero-order valence-electron chi connectivity index (χ0n) is 18.4. The maximum absolute atomic E-state index is 13.0. The quantitative estimate of drug-likeness (QED) is 0.544. The predicted octanol–water partition coefficient (Wildman–Crippen LogP) is 5.00. The van der Waals surface area contributed by atoms with E-state index in [9.17, 15) is 4.79 Å². The maximum Gasteiger partial charge on any atom is 0.501 e. The second kappa shape index (κ2) is 8.65. The van der Waals surface area contributed by atoms with E-state index in [-0.39, 0.29) is 22.0 Å². The van der Waals surface area contributed by atoms with Gasteiger partial charge in [-0.25, -0.2) is 0 Å². The van der Waals surface area contributed by atoms with E-state index in [0.29, 0.717) is 11.6 Å². The molecular formula is C18H40O5Si2. The minimum absolute atomic E-state index is 0.0763. The van der Waals surface area contributed by atoms with E-state index in [0.717, 1.165) is 0 Å². The van der Waals surface area contributed by atoms with Crippen LogP contribution < -0.4 is 0 Å². The Morgan fingerprint density at radius 1 is 0.840 bits per heavy atom. The van der Waals surface area contributed by atoms with Gasteiger partial charge in [0.15, 0.2) is 0 Å². The van der Waals surface area contributed by atoms with Gasteiger partial charge in [-0.15, -0.1) is 0 Å². The molecule has 5 nitrogen and oxygen atoms in total. The van der Waals surface area contributed by atoms with Crippen LogP contribution in [0.4, 0.5) is 0 Å². The summed E-state index contributed by atoms with van der Waals surface area (Å²) in [7, 11) is -0.595. The smallest absolute Gasteiger partial charge is 0.501 e. The fraction of sp³-hybridized carbons (Fsp3) is 0.944. The minimum atomic E-state index is -2.82. The Labute approximate surface area is 157 Å². The summed E-state index contributed by atoms with van der Waals surface area (Å²) in [6, 6.07) is 0.409. The van der Waals surface area contributed by atoms with Gasteiger partial charge in [-0.3, -0.25) is 4.79 Å². The lowest BCUT2D eigenvalue weighted by atomic mass is 10.2. The Hall–Kier alpha value is -0.216. The first-order chi connectivity index (χ1) is 11.1. The van der Waals surface area contributed by atoms with Gasteiger partial charge in [0.1, 0.15) is 0 Å². The van der Waals surface area contributed by atoms with Crippen LogP contribution in [0, 0.1) is 5.92 Å². The lowest BCUT2D eigenvalue weighted by molar-refractivity contribution is -0.140. The molecule has 0 radical (unpaired) electrons. The maximum atomic E-state index is 13.0. The van der Waals surface area contributed by atoms with E-state index in [2.05, 4.69) is 55.4 Å². The van der Waals surface area contributed by atoms with Gasteiger partial charge in [-0.2, -0.15) is 0 Å². The van der Waals surface area contributed by atoms with Crippen molar-refractivity contribution in [3.05, 3.63) is 0 Å². The average molecular weight is 393 g/mol. The first-order valence-electron chi connectivity index (χ1n) is 9.02. The zero-order chi connectivity index (χ0) is 20.3. The van der Waals surface area contributed by atoms with E-state index < -0.39 is 17.1 Å². The fourth-order valence-corrected chi connectivity index (χ4v) is 13.5. The summed E-state index contributed by atoms with van der Waals surface area (Å²) in [5.41, 5.74) is 0.304. The highest BCUT2D eigenvalue weighted by atomic mass is 28.4.